The summed E-state index contributed by atoms with van der Waals surface area (Å²) in [5, 5.41) is 39.5. The number of hydrogen-bond acceptors (Lipinski definition) is 6. The Morgan fingerprint density at radius 1 is 1.00 bits per heavy atom. The Morgan fingerprint density at radius 3 is 2.25 bits per heavy atom. The predicted octanol–water partition coefficient (Wildman–Crippen LogP) is 0.593. The number of aliphatic hydroxyl groups excluding tert-OH is 4. The van der Waals surface area contributed by atoms with Crippen LogP contribution in [-0.4, -0.2) is 69.8 Å². The van der Waals surface area contributed by atoms with Gasteiger partial charge in [0.1, 0.15) is 24.4 Å². The molecule has 1 aliphatic heterocycles. The third kappa shape index (κ3) is 3.64. The smallest absolute Gasteiger partial charge is 0.111 e. The molecular weight excluding hydrogens is 312 g/mol. The topological polar surface area (TPSA) is 99.4 Å². The largest absolute Gasteiger partial charge is 0.394 e. The molecular formula is C18H32O6. The number of rotatable bonds is 5. The zero-order valence-electron chi connectivity index (χ0n) is 14.7. The van der Waals surface area contributed by atoms with Crippen LogP contribution in [0.25, 0.3) is 0 Å². The van der Waals surface area contributed by atoms with Gasteiger partial charge in [-0.05, 0) is 49.9 Å². The molecule has 24 heavy (non-hydrogen) atoms. The van der Waals surface area contributed by atoms with Crippen molar-refractivity contribution in [3.05, 3.63) is 0 Å². The Kier molecular flexibility index (Phi) is 5.54. The monoisotopic (exact) mass is 344 g/mol. The van der Waals surface area contributed by atoms with E-state index in [-0.39, 0.29) is 18.1 Å². The van der Waals surface area contributed by atoms with E-state index in [9.17, 15) is 20.4 Å². The van der Waals surface area contributed by atoms with Crippen LogP contribution in [0.2, 0.25) is 0 Å². The fourth-order valence-corrected chi connectivity index (χ4v) is 4.42. The molecule has 4 N–H and O–H groups in total. The summed E-state index contributed by atoms with van der Waals surface area (Å²) < 4.78 is 11.9. The molecule has 6 heteroatoms. The maximum atomic E-state index is 10.3. The lowest BCUT2D eigenvalue weighted by Crippen LogP contribution is -2.58. The quantitative estimate of drug-likeness (QED) is 0.583. The van der Waals surface area contributed by atoms with Crippen molar-refractivity contribution in [2.75, 3.05) is 6.61 Å². The van der Waals surface area contributed by atoms with Gasteiger partial charge in [0.2, 0.25) is 0 Å². The Balaban J connectivity index is 1.61. The predicted molar refractivity (Wildman–Crippen MR) is 87.4 cm³/mol. The van der Waals surface area contributed by atoms with Gasteiger partial charge in [-0.25, -0.2) is 0 Å². The molecule has 0 radical (unpaired) electrons. The average molecular weight is 344 g/mol. The Bertz CT molecular complexity index is 422. The van der Waals surface area contributed by atoms with Gasteiger partial charge in [-0.3, -0.25) is 0 Å². The minimum atomic E-state index is -1.28. The van der Waals surface area contributed by atoms with E-state index in [1.165, 1.54) is 6.42 Å². The molecule has 3 rings (SSSR count). The van der Waals surface area contributed by atoms with E-state index in [1.54, 1.807) is 0 Å². The van der Waals surface area contributed by atoms with Crippen LogP contribution < -0.4 is 0 Å². The molecule has 0 spiro atoms. The molecule has 0 aromatic rings. The second kappa shape index (κ2) is 7.17. The van der Waals surface area contributed by atoms with Gasteiger partial charge in [-0.1, -0.05) is 13.8 Å². The molecule has 6 nitrogen and oxygen atoms in total. The summed E-state index contributed by atoms with van der Waals surface area (Å²) >= 11 is 0. The highest BCUT2D eigenvalue weighted by atomic mass is 16.5. The summed E-state index contributed by atoms with van der Waals surface area (Å²) in [6.45, 7) is 4.06. The summed E-state index contributed by atoms with van der Waals surface area (Å²) in [5.41, 5.74) is 0.0766. The molecule has 0 amide bonds. The third-order valence-electron chi connectivity index (χ3n) is 6.35. The van der Waals surface area contributed by atoms with Crippen LogP contribution in [0.15, 0.2) is 0 Å². The van der Waals surface area contributed by atoms with E-state index in [2.05, 4.69) is 13.8 Å². The fourth-order valence-electron chi connectivity index (χ4n) is 4.42. The normalized spacial score (nSPS) is 46.0. The van der Waals surface area contributed by atoms with Crippen molar-refractivity contribution in [1.82, 2.24) is 0 Å². The van der Waals surface area contributed by atoms with Crippen LogP contribution in [0, 0.1) is 11.3 Å². The second-order valence-electron chi connectivity index (χ2n) is 8.54. The van der Waals surface area contributed by atoms with Crippen molar-refractivity contribution < 1.29 is 29.9 Å². The first kappa shape index (κ1) is 18.5. The molecule has 3 unspecified atom stereocenters. The maximum absolute atomic E-state index is 10.3. The molecule has 140 valence electrons. The summed E-state index contributed by atoms with van der Waals surface area (Å²) in [6.07, 6.45) is 1.66. The van der Waals surface area contributed by atoms with Gasteiger partial charge in [0, 0.05) is 0 Å². The standard InChI is InChI=1S/C18H32O6/c1-18(2)8-12(23-11-4-3-5-11)6-10(18)7-13-15(20)17(22)16(21)14(9-19)24-13/h10-17,19-22H,3-9H2,1-2H3/t10?,12?,13?,14-,15+,16+,17-/m1/s1. The molecule has 7 atom stereocenters. The lowest BCUT2D eigenvalue weighted by atomic mass is 9.77. The van der Waals surface area contributed by atoms with Gasteiger partial charge in [-0.2, -0.15) is 0 Å². The Morgan fingerprint density at radius 2 is 1.67 bits per heavy atom. The van der Waals surface area contributed by atoms with Crippen LogP contribution in [0.3, 0.4) is 0 Å². The lowest BCUT2D eigenvalue weighted by molar-refractivity contribution is -0.233. The van der Waals surface area contributed by atoms with E-state index in [0.29, 0.717) is 18.4 Å². The highest BCUT2D eigenvalue weighted by molar-refractivity contribution is 4.97. The molecule has 1 saturated heterocycles. The SMILES string of the molecule is CC1(C)CC(OC2CCC2)CC1CC1O[C@H](CO)[C@H](O)[C@H](O)[C@H]1O. The number of hydrogen-bond donors (Lipinski definition) is 4. The van der Waals surface area contributed by atoms with Gasteiger partial charge in [0.05, 0.1) is 24.9 Å². The zero-order valence-corrected chi connectivity index (χ0v) is 14.7. The molecule has 0 bridgehead atoms. The molecule has 1 heterocycles. The number of aliphatic hydroxyl groups is 4. The van der Waals surface area contributed by atoms with Gasteiger partial charge in [0.15, 0.2) is 0 Å². The van der Waals surface area contributed by atoms with E-state index in [0.717, 1.165) is 25.7 Å². The van der Waals surface area contributed by atoms with Crippen LogP contribution in [0.4, 0.5) is 0 Å². The molecule has 3 fully saturated rings. The van der Waals surface area contributed by atoms with Gasteiger partial charge in [-0.15, -0.1) is 0 Å². The van der Waals surface area contributed by atoms with E-state index in [1.807, 2.05) is 0 Å². The van der Waals surface area contributed by atoms with Gasteiger partial charge < -0.3 is 29.9 Å². The highest BCUT2D eigenvalue weighted by Crippen LogP contribution is 2.48. The minimum Gasteiger partial charge on any atom is -0.394 e. The first-order chi connectivity index (χ1) is 11.3. The Hall–Kier alpha value is -0.240. The van der Waals surface area contributed by atoms with Crippen molar-refractivity contribution in [3.63, 3.8) is 0 Å². The van der Waals surface area contributed by atoms with Crippen LogP contribution in [0.5, 0.6) is 0 Å². The third-order valence-corrected chi connectivity index (χ3v) is 6.35. The summed E-state index contributed by atoms with van der Waals surface area (Å²) in [7, 11) is 0. The highest BCUT2D eigenvalue weighted by Gasteiger charge is 2.48. The zero-order chi connectivity index (χ0) is 17.5. The minimum absolute atomic E-state index is 0.0766. The van der Waals surface area contributed by atoms with Crippen molar-refractivity contribution in [3.8, 4) is 0 Å². The molecule has 3 aliphatic rings. The maximum Gasteiger partial charge on any atom is 0.111 e. The van der Waals surface area contributed by atoms with Crippen molar-refractivity contribution in [2.45, 2.75) is 95.1 Å². The number of ether oxygens (including phenoxy) is 2. The van der Waals surface area contributed by atoms with Gasteiger partial charge >= 0.3 is 0 Å². The van der Waals surface area contributed by atoms with E-state index >= 15 is 0 Å². The van der Waals surface area contributed by atoms with Crippen LogP contribution >= 0.6 is 0 Å². The Labute approximate surface area is 143 Å². The summed E-state index contributed by atoms with van der Waals surface area (Å²) in [6, 6.07) is 0. The first-order valence-corrected chi connectivity index (χ1v) is 9.28. The van der Waals surface area contributed by atoms with Crippen LogP contribution in [0.1, 0.15) is 52.4 Å². The van der Waals surface area contributed by atoms with E-state index in [4.69, 9.17) is 9.47 Å². The van der Waals surface area contributed by atoms with Crippen molar-refractivity contribution >= 4 is 0 Å². The van der Waals surface area contributed by atoms with Gasteiger partial charge in [0.25, 0.3) is 0 Å². The first-order valence-electron chi connectivity index (χ1n) is 9.28. The molecule has 2 aliphatic carbocycles. The summed E-state index contributed by atoms with van der Waals surface area (Å²) in [4.78, 5) is 0. The van der Waals surface area contributed by atoms with E-state index < -0.39 is 30.5 Å². The average Bonchev–Trinajstić information content (AvgIpc) is 2.77. The van der Waals surface area contributed by atoms with Crippen LogP contribution in [-0.2, 0) is 9.47 Å². The molecule has 2 saturated carbocycles. The second-order valence-corrected chi connectivity index (χ2v) is 8.54. The van der Waals surface area contributed by atoms with Crippen molar-refractivity contribution in [2.24, 2.45) is 11.3 Å². The lowest BCUT2D eigenvalue weighted by Gasteiger charge is -2.42. The van der Waals surface area contributed by atoms with Crippen molar-refractivity contribution in [1.29, 1.82) is 0 Å². The molecule has 0 aromatic heterocycles. The summed E-state index contributed by atoms with van der Waals surface area (Å²) in [5.74, 6) is 0.309. The molecule has 0 aromatic carbocycles. The fraction of sp³-hybridized carbons (Fsp3) is 1.00.